The number of methoxy groups -OCH3 is 2. The first kappa shape index (κ1) is 20.1. The number of benzene rings is 2. The zero-order chi connectivity index (χ0) is 21.3. The zero-order valence-corrected chi connectivity index (χ0v) is 17.6. The van der Waals surface area contributed by atoms with Gasteiger partial charge >= 0.3 is 6.03 Å². The summed E-state index contributed by atoms with van der Waals surface area (Å²) in [5, 5.41) is 2.81. The molecule has 1 atom stereocenters. The lowest BCUT2D eigenvalue weighted by molar-refractivity contribution is 0.0790. The molecule has 2 saturated heterocycles. The predicted molar refractivity (Wildman–Crippen MR) is 115 cm³/mol. The molecule has 2 aliphatic rings. The molecule has 7 nitrogen and oxygen atoms in total. The number of urea groups is 1. The molecule has 1 N–H and O–H groups in total. The highest BCUT2D eigenvalue weighted by atomic mass is 16.5. The number of aryl methyl sites for hydroxylation is 1. The molecule has 158 valence electrons. The Kier molecular flexibility index (Phi) is 5.53. The molecule has 0 radical (unpaired) electrons. The summed E-state index contributed by atoms with van der Waals surface area (Å²) in [5.41, 5.74) is 3.43. The second-order valence-electron chi connectivity index (χ2n) is 7.70. The van der Waals surface area contributed by atoms with E-state index in [0.717, 1.165) is 29.0 Å². The van der Waals surface area contributed by atoms with Gasteiger partial charge in [0.15, 0.2) is 11.5 Å². The molecular formula is C23H27N3O4. The number of rotatable bonds is 5. The van der Waals surface area contributed by atoms with Crippen LogP contribution >= 0.6 is 0 Å². The SMILES string of the molecule is COc1cccc(C2CCN(C(=O)c3ccc(C)c(N4CCNC4=O)c3)C2)c1OC. The standard InChI is InChI=1S/C23H27N3O4/c1-15-7-8-16(13-19(15)26-12-10-24-23(26)28)22(27)25-11-9-17(14-25)18-5-4-6-20(29-2)21(18)30-3/h4-8,13,17H,9-12,14H2,1-3H3,(H,24,28). The second-order valence-corrected chi connectivity index (χ2v) is 7.70. The number of hydrogen-bond acceptors (Lipinski definition) is 4. The largest absolute Gasteiger partial charge is 0.493 e. The van der Waals surface area contributed by atoms with E-state index < -0.39 is 0 Å². The minimum absolute atomic E-state index is 0.0137. The molecule has 2 fully saturated rings. The van der Waals surface area contributed by atoms with Crippen LogP contribution in [0.25, 0.3) is 0 Å². The summed E-state index contributed by atoms with van der Waals surface area (Å²) in [7, 11) is 3.27. The van der Waals surface area contributed by atoms with Gasteiger partial charge in [-0.15, -0.1) is 0 Å². The number of carbonyl (C=O) groups is 2. The third-order valence-electron chi connectivity index (χ3n) is 5.95. The molecule has 2 heterocycles. The lowest BCUT2D eigenvalue weighted by Gasteiger charge is -2.21. The fraction of sp³-hybridized carbons (Fsp3) is 0.391. The summed E-state index contributed by atoms with van der Waals surface area (Å²) in [4.78, 5) is 28.9. The predicted octanol–water partition coefficient (Wildman–Crippen LogP) is 3.17. The second kappa shape index (κ2) is 8.26. The Hall–Kier alpha value is -3.22. The molecule has 4 rings (SSSR count). The van der Waals surface area contributed by atoms with E-state index in [0.29, 0.717) is 37.5 Å². The van der Waals surface area contributed by atoms with Gasteiger partial charge in [0.1, 0.15) is 0 Å². The van der Waals surface area contributed by atoms with E-state index in [1.165, 1.54) is 0 Å². The molecule has 7 heteroatoms. The van der Waals surface area contributed by atoms with Gasteiger partial charge in [0.25, 0.3) is 5.91 Å². The van der Waals surface area contributed by atoms with Gasteiger partial charge in [0.05, 0.1) is 14.2 Å². The van der Waals surface area contributed by atoms with Crippen molar-refractivity contribution in [1.82, 2.24) is 10.2 Å². The number of ether oxygens (including phenoxy) is 2. The first-order valence-corrected chi connectivity index (χ1v) is 10.2. The molecule has 0 aromatic heterocycles. The van der Waals surface area contributed by atoms with Crippen LogP contribution in [0.1, 0.15) is 33.8 Å². The summed E-state index contributed by atoms with van der Waals surface area (Å²) in [6.07, 6.45) is 0.864. The highest BCUT2D eigenvalue weighted by Crippen LogP contribution is 2.39. The number of hydrogen-bond donors (Lipinski definition) is 1. The van der Waals surface area contributed by atoms with Gasteiger partial charge in [-0.2, -0.15) is 0 Å². The summed E-state index contributed by atoms with van der Waals surface area (Å²) in [6, 6.07) is 11.3. The molecule has 0 saturated carbocycles. The number of anilines is 1. The van der Waals surface area contributed by atoms with Crippen LogP contribution in [-0.4, -0.2) is 57.2 Å². The van der Waals surface area contributed by atoms with E-state index in [9.17, 15) is 9.59 Å². The maximum atomic E-state index is 13.2. The van der Waals surface area contributed by atoms with Crippen molar-refractivity contribution >= 4 is 17.6 Å². The maximum absolute atomic E-state index is 13.2. The number of carbonyl (C=O) groups excluding carboxylic acids is 2. The lowest BCUT2D eigenvalue weighted by atomic mass is 9.97. The van der Waals surface area contributed by atoms with Crippen LogP contribution in [0.4, 0.5) is 10.5 Å². The van der Waals surface area contributed by atoms with E-state index in [4.69, 9.17) is 9.47 Å². The Balaban J connectivity index is 1.54. The fourth-order valence-electron chi connectivity index (χ4n) is 4.35. The average molecular weight is 409 g/mol. The number of likely N-dealkylation sites (tertiary alicyclic amines) is 1. The first-order chi connectivity index (χ1) is 14.5. The van der Waals surface area contributed by atoms with Gasteiger partial charge in [-0.1, -0.05) is 18.2 Å². The summed E-state index contributed by atoms with van der Waals surface area (Å²) < 4.78 is 11.0. The van der Waals surface area contributed by atoms with E-state index in [1.54, 1.807) is 19.1 Å². The van der Waals surface area contributed by atoms with Crippen LogP contribution < -0.4 is 19.7 Å². The maximum Gasteiger partial charge on any atom is 0.322 e. The Morgan fingerprint density at radius 1 is 1.13 bits per heavy atom. The number of nitrogens with one attached hydrogen (secondary N) is 1. The molecular weight excluding hydrogens is 382 g/mol. The Morgan fingerprint density at radius 2 is 1.97 bits per heavy atom. The third-order valence-corrected chi connectivity index (χ3v) is 5.95. The van der Waals surface area contributed by atoms with Crippen molar-refractivity contribution < 1.29 is 19.1 Å². The normalized spacial score (nSPS) is 18.5. The van der Waals surface area contributed by atoms with Gasteiger partial charge in [-0.3, -0.25) is 9.69 Å². The van der Waals surface area contributed by atoms with Gasteiger partial charge in [-0.25, -0.2) is 4.79 Å². The van der Waals surface area contributed by atoms with Crippen LogP contribution in [0.5, 0.6) is 11.5 Å². The van der Waals surface area contributed by atoms with Gasteiger partial charge in [-0.05, 0) is 37.1 Å². The van der Waals surface area contributed by atoms with Crippen LogP contribution in [0.3, 0.4) is 0 Å². The van der Waals surface area contributed by atoms with Gasteiger partial charge in [0.2, 0.25) is 0 Å². The Morgan fingerprint density at radius 3 is 2.67 bits per heavy atom. The molecule has 0 bridgehead atoms. The number of amides is 3. The van der Waals surface area contributed by atoms with Gasteiger partial charge < -0.3 is 19.7 Å². The third kappa shape index (κ3) is 3.56. The van der Waals surface area contributed by atoms with E-state index in [1.807, 2.05) is 48.2 Å². The first-order valence-electron chi connectivity index (χ1n) is 10.2. The van der Waals surface area contributed by atoms with Crippen LogP contribution in [0.2, 0.25) is 0 Å². The highest BCUT2D eigenvalue weighted by molar-refractivity contribution is 5.99. The molecule has 0 spiro atoms. The van der Waals surface area contributed by atoms with Crippen molar-refractivity contribution in [3.05, 3.63) is 53.1 Å². The minimum Gasteiger partial charge on any atom is -0.493 e. The molecule has 30 heavy (non-hydrogen) atoms. The number of para-hydroxylation sites is 1. The van der Waals surface area contributed by atoms with E-state index in [2.05, 4.69) is 5.32 Å². The smallest absolute Gasteiger partial charge is 0.322 e. The summed E-state index contributed by atoms with van der Waals surface area (Å²) in [6.45, 7) is 4.48. The van der Waals surface area contributed by atoms with Crippen LogP contribution in [0, 0.1) is 6.92 Å². The van der Waals surface area contributed by atoms with Crippen molar-refractivity contribution in [2.24, 2.45) is 0 Å². The Bertz CT molecular complexity index is 975. The van der Waals surface area contributed by atoms with Crippen molar-refractivity contribution in [3.63, 3.8) is 0 Å². The Labute approximate surface area is 176 Å². The van der Waals surface area contributed by atoms with Crippen molar-refractivity contribution in [2.75, 3.05) is 45.3 Å². The highest BCUT2D eigenvalue weighted by Gasteiger charge is 2.31. The lowest BCUT2D eigenvalue weighted by Crippen LogP contribution is -2.30. The average Bonchev–Trinajstić information content (AvgIpc) is 3.42. The van der Waals surface area contributed by atoms with E-state index in [-0.39, 0.29) is 17.9 Å². The minimum atomic E-state index is -0.117. The monoisotopic (exact) mass is 409 g/mol. The molecule has 2 aromatic carbocycles. The van der Waals surface area contributed by atoms with Crippen molar-refractivity contribution in [2.45, 2.75) is 19.3 Å². The molecule has 2 aliphatic heterocycles. The molecule has 1 unspecified atom stereocenters. The quantitative estimate of drug-likeness (QED) is 0.824. The van der Waals surface area contributed by atoms with E-state index >= 15 is 0 Å². The van der Waals surface area contributed by atoms with Crippen LogP contribution in [0.15, 0.2) is 36.4 Å². The van der Waals surface area contributed by atoms with Crippen LogP contribution in [-0.2, 0) is 0 Å². The number of nitrogens with zero attached hydrogens (tertiary/aromatic N) is 2. The fourth-order valence-corrected chi connectivity index (χ4v) is 4.35. The summed E-state index contributed by atoms with van der Waals surface area (Å²) >= 11 is 0. The molecule has 2 aromatic rings. The topological polar surface area (TPSA) is 71.1 Å². The van der Waals surface area contributed by atoms with Crippen molar-refractivity contribution in [3.8, 4) is 11.5 Å². The molecule has 0 aliphatic carbocycles. The molecule has 3 amide bonds. The van der Waals surface area contributed by atoms with Gasteiger partial charge in [0, 0.05) is 48.9 Å². The summed E-state index contributed by atoms with van der Waals surface area (Å²) in [5.74, 6) is 1.61. The van der Waals surface area contributed by atoms with Crippen molar-refractivity contribution in [1.29, 1.82) is 0 Å². The zero-order valence-electron chi connectivity index (χ0n) is 17.6.